The van der Waals surface area contributed by atoms with Crippen LogP contribution in [0.25, 0.3) is 21.8 Å². The van der Waals surface area contributed by atoms with Crippen molar-refractivity contribution in [1.29, 1.82) is 0 Å². The highest BCUT2D eigenvalue weighted by atomic mass is 35.5. The number of halogens is 2. The number of hydrogen-bond donors (Lipinski definition) is 5. The largest absolute Gasteiger partial charge is 0.506 e. The lowest BCUT2D eigenvalue weighted by Gasteiger charge is -2.67. The smallest absolute Gasteiger partial charge is 0.391 e. The number of carbonyl (C=O) groups excluding carboxylic acids is 2. The highest BCUT2D eigenvalue weighted by Gasteiger charge is 2.72. The van der Waals surface area contributed by atoms with Crippen molar-refractivity contribution in [3.8, 4) is 11.5 Å². The van der Waals surface area contributed by atoms with Gasteiger partial charge >= 0.3 is 8.60 Å². The van der Waals surface area contributed by atoms with Gasteiger partial charge < -0.3 is 44.0 Å². The van der Waals surface area contributed by atoms with Gasteiger partial charge in [0, 0.05) is 84.7 Å². The number of fused-ring (bicyclic) bond motifs is 6. The van der Waals surface area contributed by atoms with Crippen molar-refractivity contribution < 1.29 is 29.0 Å². The first-order valence-electron chi connectivity index (χ1n) is 14.8. The molecule has 4 heterocycles. The number of H-pyrrole nitrogens is 2. The standard InChI is InChI=1S/C19H20ClN2O5P.C12H14N2O.CH3Cl/c1-10-4-21-16-13(27-28(25)26)2-12-15(14(10)16)11(3-20)5-22(12)17(24)19-6-18(7-19,8-19)9-23;1-7-6-13-12-10(15)5-9-8(11(7)12)3-4-14(9)2;1-2/h2,4,9,11,21,25-26H,3,5-8H2,1H3;5-6,13,15H,3-4H2,1-2H3;1H3/t11-,18?,19?;;/m1../s1. The van der Waals surface area contributed by atoms with Gasteiger partial charge in [0.15, 0.2) is 5.75 Å². The summed E-state index contributed by atoms with van der Waals surface area (Å²) >= 11 is 10.9. The summed E-state index contributed by atoms with van der Waals surface area (Å²) in [6, 6.07) is 3.56. The summed E-state index contributed by atoms with van der Waals surface area (Å²) in [5.41, 5.74) is 7.24. The van der Waals surface area contributed by atoms with E-state index in [1.54, 1.807) is 11.0 Å². The van der Waals surface area contributed by atoms with E-state index in [1.807, 2.05) is 25.4 Å². The Morgan fingerprint density at radius 3 is 2.36 bits per heavy atom. The number of alkyl halides is 2. The number of nitrogens with one attached hydrogen (secondary N) is 2. The molecule has 3 aliphatic carbocycles. The summed E-state index contributed by atoms with van der Waals surface area (Å²) in [5, 5.41) is 12.0. The number of rotatable bonds is 5. The highest BCUT2D eigenvalue weighted by Crippen LogP contribution is 2.73. The topological polar surface area (TPSA) is 142 Å². The van der Waals surface area contributed by atoms with Crippen molar-refractivity contribution in [1.82, 2.24) is 9.97 Å². The molecule has 2 aliphatic heterocycles. The Hall–Kier alpha value is -3.01. The van der Waals surface area contributed by atoms with E-state index >= 15 is 0 Å². The second-order valence-electron chi connectivity index (χ2n) is 12.7. The van der Waals surface area contributed by atoms with Gasteiger partial charge in [-0.2, -0.15) is 0 Å². The third kappa shape index (κ3) is 4.88. The van der Waals surface area contributed by atoms with Crippen molar-refractivity contribution in [2.45, 2.75) is 45.4 Å². The van der Waals surface area contributed by atoms with E-state index in [0.29, 0.717) is 54.4 Å². The van der Waals surface area contributed by atoms with Gasteiger partial charge in [-0.15, -0.1) is 23.2 Å². The molecule has 2 aromatic carbocycles. The quantitative estimate of drug-likeness (QED) is 0.0973. The SMILES string of the molecule is CCl.Cc1c[nH]c2c(O)cc3c(c12)CCN3C.Cc1c[nH]c2c(OP(O)O)cc3c(c12)[C@H](CCl)CN3C(=O)C12CC(C=O)(C1)C2. The number of carbonyl (C=O) groups is 2. The van der Waals surface area contributed by atoms with Crippen molar-refractivity contribution in [2.75, 3.05) is 42.2 Å². The molecule has 4 aromatic rings. The van der Waals surface area contributed by atoms with Crippen LogP contribution in [0.3, 0.4) is 0 Å². The van der Waals surface area contributed by atoms with Crippen molar-refractivity contribution in [3.63, 3.8) is 0 Å². The molecule has 2 bridgehead atoms. The second-order valence-corrected chi connectivity index (χ2v) is 13.7. The second kappa shape index (κ2) is 11.7. The Morgan fingerprint density at radius 2 is 1.73 bits per heavy atom. The summed E-state index contributed by atoms with van der Waals surface area (Å²) < 4.78 is 5.26. The first-order valence-corrected chi connectivity index (χ1v) is 17.2. The van der Waals surface area contributed by atoms with Crippen LogP contribution in [-0.2, 0) is 16.0 Å². The molecule has 0 radical (unpaired) electrons. The van der Waals surface area contributed by atoms with Gasteiger partial charge in [-0.1, -0.05) is 0 Å². The molecule has 3 saturated carbocycles. The first-order chi connectivity index (χ1) is 21.5. The molecule has 0 saturated heterocycles. The van der Waals surface area contributed by atoms with E-state index in [-0.39, 0.29) is 17.2 Å². The molecule has 9 rings (SSSR count). The molecular weight excluding hydrogens is 638 g/mol. The summed E-state index contributed by atoms with van der Waals surface area (Å²) in [6.45, 7) is 5.55. The van der Waals surface area contributed by atoms with E-state index in [2.05, 4.69) is 40.4 Å². The number of aldehydes is 1. The Kier molecular flexibility index (Phi) is 8.28. The number of phenolic OH excluding ortho intramolecular Hbond substituents is 1. The number of amides is 1. The van der Waals surface area contributed by atoms with Crippen LogP contribution < -0.4 is 14.3 Å². The van der Waals surface area contributed by atoms with Gasteiger partial charge in [0.25, 0.3) is 0 Å². The Balaban J connectivity index is 0.000000177. The maximum absolute atomic E-state index is 13.4. The molecule has 5 N–H and O–H groups in total. The predicted molar refractivity (Wildman–Crippen MR) is 179 cm³/mol. The van der Waals surface area contributed by atoms with E-state index in [1.165, 1.54) is 28.6 Å². The molecule has 2 aromatic heterocycles. The van der Waals surface area contributed by atoms with Crippen LogP contribution in [-0.4, -0.2) is 69.5 Å². The monoisotopic (exact) mass is 674 g/mol. The molecule has 1 atom stereocenters. The molecule has 240 valence electrons. The van der Waals surface area contributed by atoms with E-state index < -0.39 is 14.0 Å². The number of nitrogens with zero attached hydrogens (tertiary/aromatic N) is 2. The first kappa shape index (κ1) is 32.0. The number of aromatic hydroxyl groups is 1. The number of hydrogen-bond acceptors (Lipinski definition) is 7. The molecular formula is C32H37Cl2N4O6P. The van der Waals surface area contributed by atoms with Crippen molar-refractivity contribution in [2.24, 2.45) is 10.8 Å². The van der Waals surface area contributed by atoms with Gasteiger partial charge in [0.2, 0.25) is 5.91 Å². The van der Waals surface area contributed by atoms with Crippen molar-refractivity contribution in [3.05, 3.63) is 46.8 Å². The van der Waals surface area contributed by atoms with E-state index in [0.717, 1.165) is 41.3 Å². The number of likely N-dealkylation sites (N-methyl/N-ethyl adjacent to an activating group) is 1. The zero-order valence-corrected chi connectivity index (χ0v) is 28.0. The van der Waals surface area contributed by atoms with Crippen LogP contribution in [0.5, 0.6) is 11.5 Å². The zero-order valence-electron chi connectivity index (χ0n) is 25.6. The molecule has 10 nitrogen and oxygen atoms in total. The lowest BCUT2D eigenvalue weighted by atomic mass is 9.35. The fraction of sp³-hybridized carbons (Fsp3) is 0.438. The summed E-state index contributed by atoms with van der Waals surface area (Å²) in [7, 11) is -0.527. The van der Waals surface area contributed by atoms with Crippen LogP contribution in [0.1, 0.15) is 47.4 Å². The van der Waals surface area contributed by atoms with E-state index in [4.69, 9.17) is 16.1 Å². The molecule has 13 heteroatoms. The van der Waals surface area contributed by atoms with Gasteiger partial charge in [-0.3, -0.25) is 4.79 Å². The molecule has 0 unspecified atom stereocenters. The molecule has 3 fully saturated rings. The van der Waals surface area contributed by atoms with Gasteiger partial charge in [-0.25, -0.2) is 0 Å². The van der Waals surface area contributed by atoms with E-state index in [9.17, 15) is 24.5 Å². The summed E-state index contributed by atoms with van der Waals surface area (Å²) in [5.74, 6) is 1.02. The number of aryl methyl sites for hydroxylation is 2. The number of aromatic nitrogens is 2. The average Bonchev–Trinajstić information content (AvgIpc) is 3.74. The minimum Gasteiger partial charge on any atom is -0.506 e. The van der Waals surface area contributed by atoms with Gasteiger partial charge in [0.1, 0.15) is 12.0 Å². The minimum absolute atomic E-state index is 0.0242. The van der Waals surface area contributed by atoms with Crippen LogP contribution in [0.2, 0.25) is 0 Å². The fourth-order valence-electron chi connectivity index (χ4n) is 8.02. The average molecular weight is 676 g/mol. The van der Waals surface area contributed by atoms with Gasteiger partial charge in [-0.05, 0) is 61.8 Å². The Morgan fingerprint density at radius 1 is 1.09 bits per heavy atom. The molecule has 0 spiro atoms. The van der Waals surface area contributed by atoms with Crippen LogP contribution >= 0.6 is 31.8 Å². The minimum atomic E-state index is -2.60. The van der Waals surface area contributed by atoms with Gasteiger partial charge in [0.05, 0.1) is 22.1 Å². The maximum Gasteiger partial charge on any atom is 0.391 e. The number of aromatic amines is 2. The molecule has 1 amide bonds. The van der Waals surface area contributed by atoms with Crippen LogP contribution in [0.4, 0.5) is 11.4 Å². The zero-order chi connectivity index (χ0) is 32.4. The molecule has 5 aliphatic rings. The highest BCUT2D eigenvalue weighted by molar-refractivity contribution is 7.39. The summed E-state index contributed by atoms with van der Waals surface area (Å²) in [6.07, 6.45) is 9.18. The maximum atomic E-state index is 13.4. The lowest BCUT2D eigenvalue weighted by molar-refractivity contribution is -0.197. The third-order valence-electron chi connectivity index (χ3n) is 9.95. The normalized spacial score (nSPS) is 23.9. The fourth-order valence-corrected chi connectivity index (χ4v) is 8.59. The number of anilines is 2. The number of phenols is 1. The Labute approximate surface area is 272 Å². The molecule has 45 heavy (non-hydrogen) atoms. The van der Waals surface area contributed by atoms with Crippen LogP contribution in [0, 0.1) is 24.7 Å². The van der Waals surface area contributed by atoms with Crippen molar-refractivity contribution >= 4 is 77.2 Å². The van der Waals surface area contributed by atoms with Crippen LogP contribution in [0.15, 0.2) is 24.5 Å². The summed E-state index contributed by atoms with van der Waals surface area (Å²) in [4.78, 5) is 53.6. The predicted octanol–water partition coefficient (Wildman–Crippen LogP) is 6.13. The third-order valence-corrected chi connectivity index (χ3v) is 10.7. The lowest BCUT2D eigenvalue weighted by Crippen LogP contribution is -2.68. The number of benzene rings is 2. The Bertz CT molecular complexity index is 1800.